The Bertz CT molecular complexity index is 558. The van der Waals surface area contributed by atoms with Gasteiger partial charge in [0.2, 0.25) is 0 Å². The van der Waals surface area contributed by atoms with Crippen LogP contribution in [0.3, 0.4) is 0 Å². The van der Waals surface area contributed by atoms with Crippen molar-refractivity contribution in [1.29, 1.82) is 0 Å². The molecule has 1 aliphatic rings. The lowest BCUT2D eigenvalue weighted by Gasteiger charge is -2.41. The number of carboxylic acids is 1. The number of aryl methyl sites for hydroxylation is 1. The first kappa shape index (κ1) is 14.5. The van der Waals surface area contributed by atoms with Crippen molar-refractivity contribution in [1.82, 2.24) is 4.90 Å². The highest BCUT2D eigenvalue weighted by Crippen LogP contribution is 2.30. The number of amides is 1. The van der Waals surface area contributed by atoms with Crippen LogP contribution in [-0.4, -0.2) is 34.0 Å². The van der Waals surface area contributed by atoms with Gasteiger partial charge in [-0.2, -0.15) is 0 Å². The second-order valence-electron chi connectivity index (χ2n) is 5.45. The minimum Gasteiger partial charge on any atom is -0.480 e. The van der Waals surface area contributed by atoms with Crippen LogP contribution in [0.25, 0.3) is 0 Å². The zero-order valence-corrected chi connectivity index (χ0v) is 11.6. The Kier molecular flexibility index (Phi) is 3.79. The summed E-state index contributed by atoms with van der Waals surface area (Å²) in [5.41, 5.74) is -0.301. The molecule has 0 aliphatic carbocycles. The fraction of sp³-hybridized carbons (Fsp3) is 0.467. The van der Waals surface area contributed by atoms with Gasteiger partial charge in [-0.1, -0.05) is 0 Å². The number of likely N-dealkylation sites (tertiary alicyclic amines) is 1. The molecular formula is C15H18FNO3. The van der Waals surface area contributed by atoms with E-state index in [1.54, 1.807) is 13.8 Å². The van der Waals surface area contributed by atoms with Crippen molar-refractivity contribution in [3.8, 4) is 0 Å². The quantitative estimate of drug-likeness (QED) is 0.905. The first-order valence-electron chi connectivity index (χ1n) is 6.68. The van der Waals surface area contributed by atoms with Crippen LogP contribution in [0.15, 0.2) is 18.2 Å². The number of aliphatic carboxylic acids is 1. The zero-order valence-electron chi connectivity index (χ0n) is 11.6. The third-order valence-electron chi connectivity index (χ3n) is 4.02. The third kappa shape index (κ3) is 2.40. The number of hydrogen-bond acceptors (Lipinski definition) is 2. The van der Waals surface area contributed by atoms with Gasteiger partial charge in [-0.15, -0.1) is 0 Å². The van der Waals surface area contributed by atoms with Crippen molar-refractivity contribution in [3.63, 3.8) is 0 Å². The second kappa shape index (κ2) is 5.23. The molecule has 20 heavy (non-hydrogen) atoms. The molecule has 0 bridgehead atoms. The SMILES string of the molecule is Cc1cc(F)ccc1C(=O)N1CCCCC1(C)C(=O)O. The lowest BCUT2D eigenvalue weighted by molar-refractivity contribution is -0.150. The lowest BCUT2D eigenvalue weighted by atomic mass is 9.87. The highest BCUT2D eigenvalue weighted by Gasteiger charge is 2.44. The summed E-state index contributed by atoms with van der Waals surface area (Å²) in [6.45, 7) is 3.64. The van der Waals surface area contributed by atoms with Gasteiger partial charge >= 0.3 is 5.97 Å². The van der Waals surface area contributed by atoms with E-state index in [9.17, 15) is 19.1 Å². The maximum atomic E-state index is 13.1. The normalized spacial score (nSPS) is 22.6. The Morgan fingerprint density at radius 2 is 2.05 bits per heavy atom. The molecule has 0 aromatic heterocycles. The molecule has 1 amide bonds. The number of nitrogens with zero attached hydrogens (tertiary/aromatic N) is 1. The standard InChI is InChI=1S/C15H18FNO3/c1-10-9-11(16)5-6-12(10)13(18)17-8-4-3-7-15(17,2)14(19)20/h5-6,9H,3-4,7-8H2,1-2H3,(H,19,20). The molecule has 1 aromatic rings. The average Bonchev–Trinajstić information content (AvgIpc) is 2.38. The predicted octanol–water partition coefficient (Wildman–Crippen LogP) is 2.60. The largest absolute Gasteiger partial charge is 0.480 e. The van der Waals surface area contributed by atoms with E-state index in [1.165, 1.54) is 23.1 Å². The Morgan fingerprint density at radius 1 is 1.35 bits per heavy atom. The highest BCUT2D eigenvalue weighted by molar-refractivity contribution is 5.99. The summed E-state index contributed by atoms with van der Waals surface area (Å²) in [7, 11) is 0. The van der Waals surface area contributed by atoms with Crippen molar-refractivity contribution in [3.05, 3.63) is 35.1 Å². The maximum absolute atomic E-state index is 13.1. The molecule has 108 valence electrons. The molecular weight excluding hydrogens is 261 g/mol. The molecule has 1 unspecified atom stereocenters. The van der Waals surface area contributed by atoms with Gasteiger partial charge in [0, 0.05) is 12.1 Å². The number of benzene rings is 1. The first-order chi connectivity index (χ1) is 9.36. The molecule has 1 aromatic carbocycles. The van der Waals surface area contributed by atoms with E-state index >= 15 is 0 Å². The minimum absolute atomic E-state index is 0.341. The van der Waals surface area contributed by atoms with Crippen LogP contribution in [0.1, 0.15) is 42.1 Å². The van der Waals surface area contributed by atoms with Gasteiger partial charge in [-0.3, -0.25) is 4.79 Å². The Balaban J connectivity index is 2.37. The van der Waals surface area contributed by atoms with Gasteiger partial charge in [-0.05, 0) is 56.9 Å². The topological polar surface area (TPSA) is 57.6 Å². The van der Waals surface area contributed by atoms with Crippen LogP contribution in [0.2, 0.25) is 0 Å². The number of rotatable bonds is 2. The number of piperidine rings is 1. The maximum Gasteiger partial charge on any atom is 0.329 e. The van der Waals surface area contributed by atoms with Crippen LogP contribution >= 0.6 is 0 Å². The van der Waals surface area contributed by atoms with E-state index in [-0.39, 0.29) is 5.91 Å². The van der Waals surface area contributed by atoms with Crippen molar-refractivity contribution < 1.29 is 19.1 Å². The van der Waals surface area contributed by atoms with Gasteiger partial charge in [0.25, 0.3) is 5.91 Å². The van der Waals surface area contributed by atoms with Crippen molar-refractivity contribution in [2.45, 2.75) is 38.6 Å². The minimum atomic E-state index is -1.18. The summed E-state index contributed by atoms with van der Waals surface area (Å²) in [6, 6.07) is 3.93. The molecule has 0 radical (unpaired) electrons. The van der Waals surface area contributed by atoms with E-state index < -0.39 is 17.3 Å². The Morgan fingerprint density at radius 3 is 2.65 bits per heavy atom. The molecule has 5 heteroatoms. The van der Waals surface area contributed by atoms with Crippen LogP contribution in [0.5, 0.6) is 0 Å². The number of halogens is 1. The summed E-state index contributed by atoms with van der Waals surface area (Å²) in [5.74, 6) is -1.74. The Labute approximate surface area is 117 Å². The molecule has 1 saturated heterocycles. The van der Waals surface area contributed by atoms with Crippen LogP contribution in [0.4, 0.5) is 4.39 Å². The molecule has 0 saturated carbocycles. The molecule has 1 N–H and O–H groups in total. The fourth-order valence-electron chi connectivity index (χ4n) is 2.68. The van der Waals surface area contributed by atoms with Gasteiger partial charge in [0.1, 0.15) is 11.4 Å². The fourth-order valence-corrected chi connectivity index (χ4v) is 2.68. The van der Waals surface area contributed by atoms with Crippen molar-refractivity contribution >= 4 is 11.9 Å². The smallest absolute Gasteiger partial charge is 0.329 e. The number of carboxylic acid groups (broad SMARTS) is 1. The second-order valence-corrected chi connectivity index (χ2v) is 5.45. The Hall–Kier alpha value is -1.91. The molecule has 2 rings (SSSR count). The summed E-state index contributed by atoms with van der Waals surface area (Å²) < 4.78 is 13.1. The van der Waals surface area contributed by atoms with E-state index in [1.807, 2.05) is 0 Å². The van der Waals surface area contributed by atoms with E-state index in [0.717, 1.165) is 12.8 Å². The molecule has 1 atom stereocenters. The van der Waals surface area contributed by atoms with E-state index in [4.69, 9.17) is 0 Å². The monoisotopic (exact) mass is 279 g/mol. The molecule has 0 spiro atoms. The molecule has 1 aliphatic heterocycles. The van der Waals surface area contributed by atoms with Gasteiger partial charge in [-0.25, -0.2) is 9.18 Å². The summed E-state index contributed by atoms with van der Waals surface area (Å²) in [6.07, 6.45) is 2.01. The summed E-state index contributed by atoms with van der Waals surface area (Å²) in [4.78, 5) is 25.5. The summed E-state index contributed by atoms with van der Waals surface area (Å²) in [5, 5.41) is 9.42. The molecule has 4 nitrogen and oxygen atoms in total. The van der Waals surface area contributed by atoms with E-state index in [2.05, 4.69) is 0 Å². The van der Waals surface area contributed by atoms with Gasteiger partial charge < -0.3 is 10.0 Å². The average molecular weight is 279 g/mol. The number of hydrogen-bond donors (Lipinski definition) is 1. The first-order valence-corrected chi connectivity index (χ1v) is 6.68. The molecule has 1 heterocycles. The molecule has 1 fully saturated rings. The van der Waals surface area contributed by atoms with E-state index in [0.29, 0.717) is 24.1 Å². The third-order valence-corrected chi connectivity index (χ3v) is 4.02. The van der Waals surface area contributed by atoms with Gasteiger partial charge in [0.05, 0.1) is 0 Å². The lowest BCUT2D eigenvalue weighted by Crippen LogP contribution is -2.57. The van der Waals surface area contributed by atoms with Crippen LogP contribution in [0, 0.1) is 12.7 Å². The highest BCUT2D eigenvalue weighted by atomic mass is 19.1. The van der Waals surface area contributed by atoms with Gasteiger partial charge in [0.15, 0.2) is 0 Å². The van der Waals surface area contributed by atoms with Crippen molar-refractivity contribution in [2.75, 3.05) is 6.54 Å². The number of carbonyl (C=O) groups is 2. The summed E-state index contributed by atoms with van der Waals surface area (Å²) >= 11 is 0. The van der Waals surface area contributed by atoms with Crippen molar-refractivity contribution in [2.24, 2.45) is 0 Å². The van der Waals surface area contributed by atoms with Crippen LogP contribution < -0.4 is 0 Å². The number of carbonyl (C=O) groups excluding carboxylic acids is 1. The van der Waals surface area contributed by atoms with Crippen LogP contribution in [-0.2, 0) is 4.79 Å². The zero-order chi connectivity index (χ0) is 14.9. The predicted molar refractivity (Wildman–Crippen MR) is 72.1 cm³/mol.